The second kappa shape index (κ2) is 4.63. The molecule has 0 radical (unpaired) electrons. The van der Waals surface area contributed by atoms with E-state index in [1.165, 1.54) is 12.8 Å². The van der Waals surface area contributed by atoms with Crippen molar-refractivity contribution in [3.63, 3.8) is 0 Å². The summed E-state index contributed by atoms with van der Waals surface area (Å²) >= 11 is 0. The molecule has 3 fully saturated rings. The van der Waals surface area contributed by atoms with Gasteiger partial charge in [-0.1, -0.05) is 0 Å². The predicted octanol–water partition coefficient (Wildman–Crippen LogP) is 1.33. The van der Waals surface area contributed by atoms with Crippen molar-refractivity contribution in [2.24, 2.45) is 5.92 Å². The topological polar surface area (TPSA) is 42.0 Å². The van der Waals surface area contributed by atoms with Gasteiger partial charge in [-0.3, -0.25) is 0 Å². The van der Waals surface area contributed by atoms with Crippen LogP contribution in [0.1, 0.15) is 26.7 Å². The Morgan fingerprint density at radius 3 is 2.79 bits per heavy atom. The van der Waals surface area contributed by atoms with Gasteiger partial charge in [-0.2, -0.15) is 0 Å². The molecule has 2 aliphatic heterocycles. The highest BCUT2D eigenvalue weighted by Crippen LogP contribution is 2.32. The molecule has 2 heterocycles. The van der Waals surface area contributed by atoms with E-state index in [1.807, 2.05) is 30.7 Å². The number of fused-ring (bicyclic) bond motifs is 1. The van der Waals surface area contributed by atoms with Crippen LogP contribution in [0, 0.1) is 5.92 Å². The fourth-order valence-electron chi connectivity index (χ4n) is 3.10. The molecule has 2 saturated heterocycles. The first-order valence-electron chi connectivity index (χ1n) is 7.23. The molecule has 0 aromatic carbocycles. The summed E-state index contributed by atoms with van der Waals surface area (Å²) in [5.74, 6) is 0.721. The summed E-state index contributed by atoms with van der Waals surface area (Å²) < 4.78 is 11.5. The lowest BCUT2D eigenvalue weighted by molar-refractivity contribution is -0.138. The quantitative estimate of drug-likeness (QED) is 0.758. The summed E-state index contributed by atoms with van der Waals surface area (Å²) in [6.07, 6.45) is 2.56. The Kier molecular flexibility index (Phi) is 3.21. The summed E-state index contributed by atoms with van der Waals surface area (Å²) in [5.41, 5.74) is -0.287. The molecule has 0 spiro atoms. The Balaban J connectivity index is 1.70. The highest BCUT2D eigenvalue weighted by Gasteiger charge is 2.46. The van der Waals surface area contributed by atoms with Crippen LogP contribution in [0.4, 0.5) is 4.79 Å². The number of carbonyl (C=O) groups excluding carboxylic acids is 1. The molecule has 2 atom stereocenters. The lowest BCUT2D eigenvalue weighted by Gasteiger charge is -2.46. The van der Waals surface area contributed by atoms with Crippen molar-refractivity contribution in [1.82, 2.24) is 9.80 Å². The molecule has 0 aromatic heterocycles. The van der Waals surface area contributed by atoms with Crippen LogP contribution in [0.25, 0.3) is 0 Å². The van der Waals surface area contributed by atoms with Gasteiger partial charge >= 0.3 is 6.03 Å². The summed E-state index contributed by atoms with van der Waals surface area (Å²) in [7, 11) is 1.91. The van der Waals surface area contributed by atoms with Gasteiger partial charge in [-0.25, -0.2) is 4.79 Å². The molecule has 19 heavy (non-hydrogen) atoms. The molecule has 5 nitrogen and oxygen atoms in total. The zero-order chi connectivity index (χ0) is 13.6. The number of ether oxygens (including phenoxy) is 2. The normalized spacial score (nSPS) is 33.1. The van der Waals surface area contributed by atoms with Gasteiger partial charge in [0.05, 0.1) is 31.4 Å². The van der Waals surface area contributed by atoms with Crippen LogP contribution in [0.2, 0.25) is 0 Å². The number of amides is 2. The van der Waals surface area contributed by atoms with Gasteiger partial charge in [0.15, 0.2) is 0 Å². The SMILES string of the molecule is CN(CC1CC1)C(=O)N1CC(C)(C)O[C@@H]2COC[C@H]21. The van der Waals surface area contributed by atoms with Crippen molar-refractivity contribution in [2.45, 2.75) is 44.4 Å². The van der Waals surface area contributed by atoms with Gasteiger partial charge in [-0.15, -0.1) is 0 Å². The largest absolute Gasteiger partial charge is 0.376 e. The predicted molar refractivity (Wildman–Crippen MR) is 71.0 cm³/mol. The fourth-order valence-corrected chi connectivity index (χ4v) is 3.10. The summed E-state index contributed by atoms with van der Waals surface area (Å²) in [4.78, 5) is 16.5. The van der Waals surface area contributed by atoms with E-state index in [2.05, 4.69) is 0 Å². The lowest BCUT2D eigenvalue weighted by atomic mass is 10.0. The Labute approximate surface area is 114 Å². The number of hydrogen-bond donors (Lipinski definition) is 0. The summed E-state index contributed by atoms with van der Waals surface area (Å²) in [5, 5.41) is 0. The van der Waals surface area contributed by atoms with E-state index in [-0.39, 0.29) is 23.8 Å². The Morgan fingerprint density at radius 1 is 1.37 bits per heavy atom. The van der Waals surface area contributed by atoms with Crippen LogP contribution in [-0.4, -0.2) is 66.9 Å². The second-order valence-electron chi connectivity index (χ2n) is 6.76. The molecule has 1 saturated carbocycles. The minimum atomic E-state index is -0.287. The molecule has 1 aliphatic carbocycles. The van der Waals surface area contributed by atoms with E-state index < -0.39 is 0 Å². The first-order chi connectivity index (χ1) is 8.96. The number of carbonyl (C=O) groups is 1. The molecule has 0 bridgehead atoms. The third kappa shape index (κ3) is 2.72. The molecular weight excluding hydrogens is 244 g/mol. The van der Waals surface area contributed by atoms with Crippen molar-refractivity contribution in [1.29, 1.82) is 0 Å². The van der Waals surface area contributed by atoms with E-state index in [9.17, 15) is 4.79 Å². The third-order valence-corrected chi connectivity index (χ3v) is 4.22. The van der Waals surface area contributed by atoms with Crippen LogP contribution in [0.3, 0.4) is 0 Å². The molecule has 3 aliphatic rings. The van der Waals surface area contributed by atoms with E-state index in [0.717, 1.165) is 12.5 Å². The number of rotatable bonds is 2. The maximum atomic E-state index is 12.6. The Hall–Kier alpha value is -0.810. The van der Waals surface area contributed by atoms with Crippen molar-refractivity contribution in [3.05, 3.63) is 0 Å². The van der Waals surface area contributed by atoms with Crippen LogP contribution in [-0.2, 0) is 9.47 Å². The van der Waals surface area contributed by atoms with Crippen molar-refractivity contribution in [3.8, 4) is 0 Å². The average molecular weight is 268 g/mol. The second-order valence-corrected chi connectivity index (χ2v) is 6.76. The van der Waals surface area contributed by atoms with Gasteiger partial charge < -0.3 is 19.3 Å². The van der Waals surface area contributed by atoms with Gasteiger partial charge in [0.25, 0.3) is 0 Å². The smallest absolute Gasteiger partial charge is 0.320 e. The van der Waals surface area contributed by atoms with E-state index in [4.69, 9.17) is 9.47 Å². The van der Waals surface area contributed by atoms with E-state index in [1.54, 1.807) is 0 Å². The molecule has 108 valence electrons. The molecule has 0 unspecified atom stereocenters. The summed E-state index contributed by atoms with van der Waals surface area (Å²) in [6, 6.07) is 0.214. The number of nitrogens with zero attached hydrogens (tertiary/aromatic N) is 2. The first kappa shape index (κ1) is 13.2. The van der Waals surface area contributed by atoms with Crippen LogP contribution in [0.5, 0.6) is 0 Å². The lowest BCUT2D eigenvalue weighted by Crippen LogP contribution is -2.62. The zero-order valence-corrected chi connectivity index (χ0v) is 12.1. The Bertz CT molecular complexity index is 368. The third-order valence-electron chi connectivity index (χ3n) is 4.22. The zero-order valence-electron chi connectivity index (χ0n) is 12.1. The minimum Gasteiger partial charge on any atom is -0.376 e. The molecular formula is C14H24N2O3. The highest BCUT2D eigenvalue weighted by molar-refractivity contribution is 5.75. The summed E-state index contributed by atoms with van der Waals surface area (Å²) in [6.45, 7) is 6.82. The van der Waals surface area contributed by atoms with Gasteiger partial charge in [-0.05, 0) is 32.6 Å². The maximum absolute atomic E-state index is 12.6. The van der Waals surface area contributed by atoms with Gasteiger partial charge in [0.2, 0.25) is 0 Å². The fraction of sp³-hybridized carbons (Fsp3) is 0.929. The molecule has 5 heteroatoms. The van der Waals surface area contributed by atoms with E-state index in [0.29, 0.717) is 19.8 Å². The number of urea groups is 1. The Morgan fingerprint density at radius 2 is 2.11 bits per heavy atom. The van der Waals surface area contributed by atoms with Crippen molar-refractivity contribution >= 4 is 6.03 Å². The first-order valence-corrected chi connectivity index (χ1v) is 7.23. The molecule has 0 aromatic rings. The van der Waals surface area contributed by atoms with E-state index >= 15 is 0 Å². The van der Waals surface area contributed by atoms with Crippen LogP contribution >= 0.6 is 0 Å². The van der Waals surface area contributed by atoms with Gasteiger partial charge in [0, 0.05) is 13.6 Å². The molecule has 2 amide bonds. The standard InChI is InChI=1S/C14H24N2O3/c1-14(2)9-16(11-7-18-8-12(11)19-14)13(17)15(3)6-10-4-5-10/h10-12H,4-9H2,1-3H3/t11-,12-/m1/s1. The van der Waals surface area contributed by atoms with Crippen molar-refractivity contribution < 1.29 is 14.3 Å². The maximum Gasteiger partial charge on any atom is 0.320 e. The average Bonchev–Trinajstić information content (AvgIpc) is 3.02. The van der Waals surface area contributed by atoms with Crippen molar-refractivity contribution in [2.75, 3.05) is 33.4 Å². The number of hydrogen-bond acceptors (Lipinski definition) is 3. The number of morpholine rings is 1. The monoisotopic (exact) mass is 268 g/mol. The van der Waals surface area contributed by atoms with Crippen LogP contribution < -0.4 is 0 Å². The molecule has 0 N–H and O–H groups in total. The van der Waals surface area contributed by atoms with Gasteiger partial charge in [0.1, 0.15) is 6.10 Å². The van der Waals surface area contributed by atoms with Crippen LogP contribution in [0.15, 0.2) is 0 Å². The highest BCUT2D eigenvalue weighted by atomic mass is 16.6. The minimum absolute atomic E-state index is 0.0297. The molecule has 3 rings (SSSR count).